The minimum atomic E-state index is 0.502. The number of fused-ring (bicyclic) bond motifs is 15. The molecular weight excluding hydrogens is 883 g/mol. The van der Waals surface area contributed by atoms with E-state index in [0.29, 0.717) is 17.8 Å². The minimum Gasteiger partial charge on any atom is -0.315 e. The standard InChI is InChI=1S/C63H39N9/c1-4-16-43(17-5-1)67-37-34-40-28-31-49-46-22-10-13-25-52(46)70(58(49)55(40)67)61-64-62(71-53-26-14-11-23-47(53)50-32-29-41-35-38-68(56(41)59(50)71)44-18-6-2-7-19-44)66-63(65-61)72-54-27-15-12-24-48(54)51-33-30-42-36-39-69(57(42)60(51)72)45-20-8-3-9-21-45/h1-39H. The molecule has 9 aromatic carbocycles. The van der Waals surface area contributed by atoms with Gasteiger partial charge in [-0.25, -0.2) is 0 Å². The molecule has 0 fully saturated rings. The van der Waals surface area contributed by atoms with Crippen molar-refractivity contribution in [1.29, 1.82) is 0 Å². The van der Waals surface area contributed by atoms with Gasteiger partial charge in [0.05, 0.1) is 49.7 Å². The smallest absolute Gasteiger partial charge is 0.241 e. The van der Waals surface area contributed by atoms with Crippen LogP contribution in [0.15, 0.2) is 237 Å². The van der Waals surface area contributed by atoms with Crippen molar-refractivity contribution in [3.63, 3.8) is 0 Å². The molecule has 0 amide bonds. The summed E-state index contributed by atoms with van der Waals surface area (Å²) in [5, 5.41) is 9.99. The van der Waals surface area contributed by atoms with Gasteiger partial charge in [-0.3, -0.25) is 13.7 Å². The first-order valence-corrected chi connectivity index (χ1v) is 24.3. The van der Waals surface area contributed by atoms with Crippen LogP contribution in [0.4, 0.5) is 0 Å². The third kappa shape index (κ3) is 5.38. The molecule has 0 radical (unpaired) electrons. The molecule has 0 aliphatic rings. The molecule has 0 aliphatic heterocycles. The largest absolute Gasteiger partial charge is 0.315 e. The maximum Gasteiger partial charge on any atom is 0.241 e. The van der Waals surface area contributed by atoms with Gasteiger partial charge >= 0.3 is 0 Å². The van der Waals surface area contributed by atoms with Crippen LogP contribution in [0.5, 0.6) is 0 Å². The van der Waals surface area contributed by atoms with Crippen molar-refractivity contribution >= 4 is 98.1 Å². The molecule has 9 nitrogen and oxygen atoms in total. The topological polar surface area (TPSA) is 68.2 Å². The molecule has 0 unspecified atom stereocenters. The van der Waals surface area contributed by atoms with Crippen LogP contribution in [-0.2, 0) is 0 Å². The van der Waals surface area contributed by atoms with Crippen LogP contribution in [0.25, 0.3) is 133 Å². The first kappa shape index (κ1) is 38.9. The Morgan fingerprint density at radius 1 is 0.222 bits per heavy atom. The molecule has 72 heavy (non-hydrogen) atoms. The first-order valence-electron chi connectivity index (χ1n) is 24.3. The van der Waals surface area contributed by atoms with E-state index in [9.17, 15) is 0 Å². The van der Waals surface area contributed by atoms with E-state index in [0.717, 1.165) is 115 Å². The molecule has 16 rings (SSSR count). The molecular formula is C63H39N9. The van der Waals surface area contributed by atoms with E-state index >= 15 is 0 Å². The lowest BCUT2D eigenvalue weighted by Crippen LogP contribution is -2.14. The number of rotatable bonds is 6. The van der Waals surface area contributed by atoms with Gasteiger partial charge in [0.2, 0.25) is 17.8 Å². The summed E-state index contributed by atoms with van der Waals surface area (Å²) in [5.41, 5.74) is 12.4. The molecule has 7 aromatic heterocycles. The number of hydrogen-bond donors (Lipinski definition) is 0. The normalized spacial score (nSPS) is 12.2. The lowest BCUT2D eigenvalue weighted by molar-refractivity contribution is 0.848. The predicted molar refractivity (Wildman–Crippen MR) is 293 cm³/mol. The highest BCUT2D eigenvalue weighted by Crippen LogP contribution is 2.42. The first-order chi connectivity index (χ1) is 35.7. The van der Waals surface area contributed by atoms with E-state index in [4.69, 9.17) is 15.0 Å². The SMILES string of the molecule is c1ccc(-n2ccc3ccc4c5ccccc5n(-c5nc(-n6c7ccccc7c7ccc8ccn(-c9ccccc9)c8c76)nc(-n6c7ccccc7c7ccc8ccn(-c9ccccc9)c8c76)n5)c4c32)cc1. The highest BCUT2D eigenvalue weighted by molar-refractivity contribution is 6.20. The van der Waals surface area contributed by atoms with Crippen LogP contribution >= 0.6 is 0 Å². The van der Waals surface area contributed by atoms with Crippen LogP contribution in [-0.4, -0.2) is 42.4 Å². The van der Waals surface area contributed by atoms with Crippen LogP contribution < -0.4 is 0 Å². The maximum atomic E-state index is 5.76. The third-order valence-corrected chi connectivity index (χ3v) is 14.8. The Kier molecular flexibility index (Phi) is 7.98. The second kappa shape index (κ2) is 14.8. The summed E-state index contributed by atoms with van der Waals surface area (Å²) in [5.74, 6) is 1.51. The fourth-order valence-electron chi connectivity index (χ4n) is 11.7. The van der Waals surface area contributed by atoms with Gasteiger partial charge in [-0.2, -0.15) is 15.0 Å². The van der Waals surface area contributed by atoms with Gasteiger partial charge in [-0.05, 0) is 72.8 Å². The van der Waals surface area contributed by atoms with Crippen molar-refractivity contribution in [3.05, 3.63) is 237 Å². The number of nitrogens with zero attached hydrogens (tertiary/aromatic N) is 9. The van der Waals surface area contributed by atoms with Gasteiger partial charge in [-0.1, -0.05) is 146 Å². The van der Waals surface area contributed by atoms with Crippen molar-refractivity contribution < 1.29 is 0 Å². The third-order valence-electron chi connectivity index (χ3n) is 14.8. The van der Waals surface area contributed by atoms with Crippen molar-refractivity contribution in [3.8, 4) is 34.9 Å². The molecule has 0 spiro atoms. The van der Waals surface area contributed by atoms with E-state index in [1.165, 1.54) is 0 Å². The molecule has 9 heteroatoms. The Morgan fingerprint density at radius 3 is 0.806 bits per heavy atom. The van der Waals surface area contributed by atoms with Crippen LogP contribution in [0.1, 0.15) is 0 Å². The van der Waals surface area contributed by atoms with Gasteiger partial charge < -0.3 is 13.7 Å². The Bertz CT molecular complexity index is 4350. The molecule has 0 saturated heterocycles. The summed E-state index contributed by atoms with van der Waals surface area (Å²) in [6, 6.07) is 77.6. The molecule has 0 aliphatic carbocycles. The van der Waals surface area contributed by atoms with Gasteiger partial charge in [0, 0.05) is 84.1 Å². The van der Waals surface area contributed by atoms with E-state index in [-0.39, 0.29) is 0 Å². The molecule has 336 valence electrons. The van der Waals surface area contributed by atoms with Crippen LogP contribution in [0.2, 0.25) is 0 Å². The minimum absolute atomic E-state index is 0.502. The molecule has 0 bridgehead atoms. The van der Waals surface area contributed by atoms with Crippen molar-refractivity contribution in [2.45, 2.75) is 0 Å². The summed E-state index contributed by atoms with van der Waals surface area (Å²) >= 11 is 0. The molecule has 0 saturated carbocycles. The fraction of sp³-hybridized carbons (Fsp3) is 0. The maximum absolute atomic E-state index is 5.76. The molecule has 0 N–H and O–H groups in total. The highest BCUT2D eigenvalue weighted by atomic mass is 15.3. The predicted octanol–water partition coefficient (Wildman–Crippen LogP) is 15.0. The van der Waals surface area contributed by atoms with E-state index in [1.54, 1.807) is 0 Å². The summed E-state index contributed by atoms with van der Waals surface area (Å²) in [4.78, 5) is 17.3. The lowest BCUT2D eigenvalue weighted by Gasteiger charge is -2.16. The Hall–Kier alpha value is -9.99. The van der Waals surface area contributed by atoms with Gasteiger partial charge in [-0.15, -0.1) is 0 Å². The summed E-state index contributed by atoms with van der Waals surface area (Å²) < 4.78 is 13.7. The van der Waals surface area contributed by atoms with Crippen molar-refractivity contribution in [1.82, 2.24) is 42.4 Å². The molecule has 16 aromatic rings. The second-order valence-electron chi connectivity index (χ2n) is 18.6. The highest BCUT2D eigenvalue weighted by Gasteiger charge is 2.27. The van der Waals surface area contributed by atoms with Crippen LogP contribution in [0, 0.1) is 0 Å². The van der Waals surface area contributed by atoms with E-state index < -0.39 is 0 Å². The molecule has 7 heterocycles. The monoisotopic (exact) mass is 921 g/mol. The van der Waals surface area contributed by atoms with Gasteiger partial charge in [0.25, 0.3) is 0 Å². The number of hydrogen-bond acceptors (Lipinski definition) is 3. The van der Waals surface area contributed by atoms with E-state index in [1.807, 2.05) is 0 Å². The zero-order valence-electron chi connectivity index (χ0n) is 38.5. The average molecular weight is 922 g/mol. The van der Waals surface area contributed by atoms with E-state index in [2.05, 4.69) is 264 Å². The zero-order valence-corrected chi connectivity index (χ0v) is 38.5. The Labute approximate surface area is 410 Å². The second-order valence-corrected chi connectivity index (χ2v) is 18.6. The number of benzene rings is 9. The fourth-order valence-corrected chi connectivity index (χ4v) is 11.7. The Balaban J connectivity index is 1.11. The lowest BCUT2D eigenvalue weighted by atomic mass is 10.1. The summed E-state index contributed by atoms with van der Waals surface area (Å²) in [6.45, 7) is 0. The summed E-state index contributed by atoms with van der Waals surface area (Å²) in [6.07, 6.45) is 6.51. The molecule has 0 atom stereocenters. The van der Waals surface area contributed by atoms with Crippen LogP contribution in [0.3, 0.4) is 0 Å². The average Bonchev–Trinajstić information content (AvgIpc) is 4.31. The van der Waals surface area contributed by atoms with Crippen molar-refractivity contribution in [2.75, 3.05) is 0 Å². The zero-order chi connectivity index (χ0) is 47.0. The number of para-hydroxylation sites is 6. The quantitative estimate of drug-likeness (QED) is 0.167. The van der Waals surface area contributed by atoms with Crippen molar-refractivity contribution in [2.24, 2.45) is 0 Å². The number of aromatic nitrogens is 9. The Morgan fingerprint density at radius 2 is 0.500 bits per heavy atom. The van der Waals surface area contributed by atoms with Gasteiger partial charge in [0.1, 0.15) is 0 Å². The summed E-state index contributed by atoms with van der Waals surface area (Å²) in [7, 11) is 0. The van der Waals surface area contributed by atoms with Gasteiger partial charge in [0.15, 0.2) is 0 Å².